The van der Waals surface area contributed by atoms with E-state index in [9.17, 15) is 17.6 Å². The minimum absolute atomic E-state index is 0.146. The third-order valence-electron chi connectivity index (χ3n) is 3.65. The molecule has 0 atom stereocenters. The summed E-state index contributed by atoms with van der Waals surface area (Å²) >= 11 is 0. The Kier molecular flexibility index (Phi) is 5.01. The van der Waals surface area contributed by atoms with E-state index in [1.807, 2.05) is 26.8 Å². The third kappa shape index (κ3) is 4.43. The summed E-state index contributed by atoms with van der Waals surface area (Å²) < 4.78 is 36.8. The number of amides is 1. The van der Waals surface area contributed by atoms with Crippen LogP contribution in [0.25, 0.3) is 0 Å². The van der Waals surface area contributed by atoms with Crippen LogP contribution in [-0.4, -0.2) is 36.5 Å². The van der Waals surface area contributed by atoms with Crippen LogP contribution in [0.4, 0.5) is 4.39 Å². The Morgan fingerprint density at radius 2 is 1.96 bits per heavy atom. The zero-order valence-electron chi connectivity index (χ0n) is 14.5. The minimum atomic E-state index is -4.03. The smallest absolute Gasteiger partial charge is 0.256 e. The number of carbonyl (C=O) groups excluding carboxylic acids is 1. The fourth-order valence-corrected chi connectivity index (χ4v) is 2.74. The van der Waals surface area contributed by atoms with Crippen LogP contribution in [0.1, 0.15) is 42.5 Å². The van der Waals surface area contributed by atoms with E-state index < -0.39 is 21.7 Å². The average molecular weight is 368 g/mol. The summed E-state index contributed by atoms with van der Waals surface area (Å²) in [4.78, 5) is 13.4. The van der Waals surface area contributed by atoms with E-state index in [-0.39, 0.29) is 22.4 Å². The van der Waals surface area contributed by atoms with Gasteiger partial charge in [0.15, 0.2) is 0 Å². The molecule has 1 aromatic carbocycles. The SMILES string of the molecule is CN(Cc1cc(C(C)(C)C)n[nH]1)C(=O)c1cc(S(N)(=O)=O)ccc1F. The van der Waals surface area contributed by atoms with Crippen molar-refractivity contribution in [3.63, 3.8) is 0 Å². The van der Waals surface area contributed by atoms with Gasteiger partial charge in [0.05, 0.1) is 28.4 Å². The van der Waals surface area contributed by atoms with Crippen LogP contribution in [-0.2, 0) is 22.0 Å². The van der Waals surface area contributed by atoms with E-state index in [1.54, 1.807) is 0 Å². The van der Waals surface area contributed by atoms with E-state index in [4.69, 9.17) is 5.14 Å². The first-order valence-corrected chi connectivity index (χ1v) is 9.07. The van der Waals surface area contributed by atoms with Crippen LogP contribution < -0.4 is 5.14 Å². The first-order chi connectivity index (χ1) is 11.4. The van der Waals surface area contributed by atoms with E-state index in [2.05, 4.69) is 10.2 Å². The second-order valence-electron chi connectivity index (χ2n) is 6.88. The van der Waals surface area contributed by atoms with Gasteiger partial charge in [-0.2, -0.15) is 5.10 Å². The van der Waals surface area contributed by atoms with Gasteiger partial charge in [-0.3, -0.25) is 9.89 Å². The monoisotopic (exact) mass is 368 g/mol. The van der Waals surface area contributed by atoms with Crippen molar-refractivity contribution < 1.29 is 17.6 Å². The van der Waals surface area contributed by atoms with Crippen LogP contribution in [0.2, 0.25) is 0 Å². The number of nitrogens with zero attached hydrogens (tertiary/aromatic N) is 2. The Bertz CT molecular complexity index is 900. The Balaban J connectivity index is 2.24. The number of rotatable bonds is 4. The van der Waals surface area contributed by atoms with Crippen LogP contribution in [0.15, 0.2) is 29.2 Å². The van der Waals surface area contributed by atoms with Gasteiger partial charge >= 0.3 is 0 Å². The fourth-order valence-electron chi connectivity index (χ4n) is 2.21. The van der Waals surface area contributed by atoms with Crippen LogP contribution >= 0.6 is 0 Å². The summed E-state index contributed by atoms with van der Waals surface area (Å²) in [5, 5.41) is 12.1. The number of aromatic amines is 1. The van der Waals surface area contributed by atoms with Gasteiger partial charge in [-0.1, -0.05) is 20.8 Å². The summed E-state index contributed by atoms with van der Waals surface area (Å²) in [6.45, 7) is 6.20. The van der Waals surface area contributed by atoms with Gasteiger partial charge in [0.1, 0.15) is 5.82 Å². The topological polar surface area (TPSA) is 109 Å². The number of halogens is 1. The summed E-state index contributed by atoms with van der Waals surface area (Å²) in [5.41, 5.74) is 1.02. The van der Waals surface area contributed by atoms with E-state index in [0.29, 0.717) is 5.69 Å². The van der Waals surface area contributed by atoms with Crippen molar-refractivity contribution in [2.24, 2.45) is 5.14 Å². The maximum Gasteiger partial charge on any atom is 0.256 e. The summed E-state index contributed by atoms with van der Waals surface area (Å²) in [6.07, 6.45) is 0. The van der Waals surface area contributed by atoms with Crippen molar-refractivity contribution in [3.05, 3.63) is 47.0 Å². The van der Waals surface area contributed by atoms with Crippen LogP contribution in [0.3, 0.4) is 0 Å². The molecule has 1 amide bonds. The van der Waals surface area contributed by atoms with Crippen molar-refractivity contribution in [1.82, 2.24) is 15.1 Å². The number of hydrogen-bond donors (Lipinski definition) is 2. The lowest BCUT2D eigenvalue weighted by molar-refractivity contribution is 0.0778. The Labute approximate surface area is 146 Å². The molecule has 0 fully saturated rings. The molecule has 3 N–H and O–H groups in total. The number of aromatic nitrogens is 2. The predicted octanol–water partition coefficient (Wildman–Crippen LogP) is 1.77. The normalized spacial score (nSPS) is 12.2. The molecule has 0 aliphatic rings. The second-order valence-corrected chi connectivity index (χ2v) is 8.44. The molecule has 7 nitrogen and oxygen atoms in total. The van der Waals surface area contributed by atoms with Crippen molar-refractivity contribution in [1.29, 1.82) is 0 Å². The predicted molar refractivity (Wildman–Crippen MR) is 90.9 cm³/mol. The second kappa shape index (κ2) is 6.57. The van der Waals surface area contributed by atoms with Gasteiger partial charge in [-0.05, 0) is 24.3 Å². The number of hydrogen-bond acceptors (Lipinski definition) is 4. The average Bonchev–Trinajstić information content (AvgIpc) is 2.94. The first-order valence-electron chi connectivity index (χ1n) is 7.52. The lowest BCUT2D eigenvalue weighted by Crippen LogP contribution is -2.27. The Hall–Kier alpha value is -2.26. The van der Waals surface area contributed by atoms with E-state index in [1.165, 1.54) is 11.9 Å². The molecule has 25 heavy (non-hydrogen) atoms. The number of H-pyrrole nitrogens is 1. The highest BCUT2D eigenvalue weighted by atomic mass is 32.2. The largest absolute Gasteiger partial charge is 0.336 e. The van der Waals surface area contributed by atoms with Gasteiger partial charge < -0.3 is 4.90 Å². The standard InChI is InChI=1S/C16H21FN4O3S/c1-16(2,3)14-7-10(19-20-14)9-21(4)15(22)12-8-11(25(18,23)24)5-6-13(12)17/h5-8H,9H2,1-4H3,(H,19,20)(H2,18,23,24). The summed E-state index contributed by atoms with van der Waals surface area (Å²) in [6, 6.07) is 4.71. The Morgan fingerprint density at radius 1 is 1.32 bits per heavy atom. The van der Waals surface area contributed by atoms with Crippen molar-refractivity contribution in [2.45, 2.75) is 37.6 Å². The highest BCUT2D eigenvalue weighted by molar-refractivity contribution is 7.89. The van der Waals surface area contributed by atoms with Gasteiger partial charge in [-0.15, -0.1) is 0 Å². The highest BCUT2D eigenvalue weighted by Gasteiger charge is 2.22. The van der Waals surface area contributed by atoms with Crippen LogP contribution in [0, 0.1) is 5.82 Å². The highest BCUT2D eigenvalue weighted by Crippen LogP contribution is 2.21. The molecule has 1 heterocycles. The van der Waals surface area contributed by atoms with E-state index >= 15 is 0 Å². The molecule has 9 heteroatoms. The third-order valence-corrected chi connectivity index (χ3v) is 4.56. The molecule has 0 saturated carbocycles. The molecular formula is C16H21FN4O3S. The first kappa shape index (κ1) is 19.1. The molecule has 0 radical (unpaired) electrons. The molecule has 0 spiro atoms. The number of carbonyl (C=O) groups is 1. The number of sulfonamides is 1. The maximum atomic E-state index is 14.0. The zero-order chi connectivity index (χ0) is 19.0. The molecule has 0 saturated heterocycles. The van der Waals surface area contributed by atoms with Crippen LogP contribution in [0.5, 0.6) is 0 Å². The molecule has 0 aliphatic carbocycles. The van der Waals surface area contributed by atoms with Crippen molar-refractivity contribution in [3.8, 4) is 0 Å². The summed E-state index contributed by atoms with van der Waals surface area (Å²) in [5.74, 6) is -1.47. The van der Waals surface area contributed by atoms with Gasteiger partial charge in [0.25, 0.3) is 5.91 Å². The van der Waals surface area contributed by atoms with Gasteiger partial charge in [-0.25, -0.2) is 17.9 Å². The molecule has 1 aromatic heterocycles. The molecule has 2 aromatic rings. The number of primary sulfonamides is 1. The molecule has 136 valence electrons. The Morgan fingerprint density at radius 3 is 2.48 bits per heavy atom. The van der Waals surface area contributed by atoms with Crippen molar-refractivity contribution >= 4 is 15.9 Å². The van der Waals surface area contributed by atoms with Gasteiger partial charge in [0.2, 0.25) is 10.0 Å². The molecule has 0 aliphatic heterocycles. The lowest BCUT2D eigenvalue weighted by Gasteiger charge is -2.17. The molecular weight excluding hydrogens is 347 g/mol. The number of nitrogens with one attached hydrogen (secondary N) is 1. The quantitative estimate of drug-likeness (QED) is 0.857. The van der Waals surface area contributed by atoms with E-state index in [0.717, 1.165) is 23.9 Å². The minimum Gasteiger partial charge on any atom is -0.336 e. The number of benzene rings is 1. The number of nitrogens with two attached hydrogens (primary N) is 1. The summed E-state index contributed by atoms with van der Waals surface area (Å²) in [7, 11) is -2.54. The molecule has 0 unspecified atom stereocenters. The fraction of sp³-hybridized carbons (Fsp3) is 0.375. The molecule has 0 bridgehead atoms. The lowest BCUT2D eigenvalue weighted by atomic mass is 9.92. The van der Waals surface area contributed by atoms with Crippen molar-refractivity contribution in [2.75, 3.05) is 7.05 Å². The maximum absolute atomic E-state index is 14.0. The molecule has 2 rings (SSSR count). The zero-order valence-corrected chi connectivity index (χ0v) is 15.3. The van der Waals surface area contributed by atoms with Gasteiger partial charge in [0, 0.05) is 12.5 Å².